The Labute approximate surface area is 82.2 Å². The fourth-order valence-electron chi connectivity index (χ4n) is 0.836. The van der Waals surface area contributed by atoms with Crippen LogP contribution >= 0.6 is 11.6 Å². The summed E-state index contributed by atoms with van der Waals surface area (Å²) in [5.41, 5.74) is 2.10. The highest BCUT2D eigenvalue weighted by molar-refractivity contribution is 6.38. The van der Waals surface area contributed by atoms with Crippen molar-refractivity contribution in [2.24, 2.45) is 0 Å². The van der Waals surface area contributed by atoms with Crippen LogP contribution in [0.3, 0.4) is 0 Å². The molecule has 1 rings (SSSR count). The summed E-state index contributed by atoms with van der Waals surface area (Å²) in [4.78, 5) is 10.1. The molecule has 0 aliphatic carbocycles. The maximum Gasteiger partial charge on any atom is 0.162 e. The molecule has 0 bridgehead atoms. The van der Waals surface area contributed by atoms with Gasteiger partial charge >= 0.3 is 0 Å². The van der Waals surface area contributed by atoms with E-state index in [9.17, 15) is 4.79 Å². The van der Waals surface area contributed by atoms with Gasteiger partial charge < -0.3 is 5.32 Å². The minimum Gasteiger partial charge on any atom is -0.360 e. The van der Waals surface area contributed by atoms with Crippen molar-refractivity contribution < 1.29 is 4.79 Å². The van der Waals surface area contributed by atoms with Crippen molar-refractivity contribution in [3.8, 4) is 0 Å². The zero-order chi connectivity index (χ0) is 9.68. The van der Waals surface area contributed by atoms with Crippen molar-refractivity contribution in [3.63, 3.8) is 0 Å². The smallest absolute Gasteiger partial charge is 0.162 e. The molecule has 13 heavy (non-hydrogen) atoms. The number of rotatable bonds is 3. The first-order valence-electron chi connectivity index (χ1n) is 3.86. The van der Waals surface area contributed by atoms with Crippen molar-refractivity contribution in [1.82, 2.24) is 0 Å². The number of aryl methyl sites for hydroxylation is 1. The number of anilines is 1. The molecule has 0 aromatic heterocycles. The lowest BCUT2D eigenvalue weighted by atomic mass is 10.2. The van der Waals surface area contributed by atoms with Crippen LogP contribution in [0.4, 0.5) is 5.69 Å². The topological polar surface area (TPSA) is 29.1 Å². The predicted octanol–water partition coefficient (Wildman–Crippen LogP) is 2.69. The van der Waals surface area contributed by atoms with Crippen LogP contribution < -0.4 is 5.32 Å². The van der Waals surface area contributed by atoms with E-state index in [0.717, 1.165) is 5.69 Å². The zero-order valence-corrected chi connectivity index (χ0v) is 8.01. The molecule has 1 aromatic carbocycles. The molecule has 3 heteroatoms. The Morgan fingerprint density at radius 1 is 1.38 bits per heavy atom. The van der Waals surface area contributed by atoms with E-state index < -0.39 is 0 Å². The van der Waals surface area contributed by atoms with Gasteiger partial charge in [-0.2, -0.15) is 0 Å². The van der Waals surface area contributed by atoms with Crippen LogP contribution in [0.1, 0.15) is 5.56 Å². The first kappa shape index (κ1) is 9.81. The first-order valence-corrected chi connectivity index (χ1v) is 4.24. The second-order valence-electron chi connectivity index (χ2n) is 2.66. The van der Waals surface area contributed by atoms with Crippen molar-refractivity contribution in [2.45, 2.75) is 6.92 Å². The Bertz CT molecular complexity index is 316. The number of nitrogens with one attached hydrogen (secondary N) is 1. The van der Waals surface area contributed by atoms with E-state index in [1.807, 2.05) is 31.2 Å². The highest BCUT2D eigenvalue weighted by atomic mass is 35.5. The summed E-state index contributed by atoms with van der Waals surface area (Å²) in [5.74, 6) is 0. The summed E-state index contributed by atoms with van der Waals surface area (Å²) in [6.45, 7) is 2.01. The fraction of sp³-hybridized carbons (Fsp3) is 0.100. The monoisotopic (exact) mass is 195 g/mol. The number of carbonyl (C=O) groups is 1. The zero-order valence-electron chi connectivity index (χ0n) is 7.25. The van der Waals surface area contributed by atoms with Gasteiger partial charge in [-0.3, -0.25) is 4.79 Å². The molecule has 0 radical (unpaired) electrons. The Morgan fingerprint density at radius 3 is 2.54 bits per heavy atom. The molecule has 0 saturated carbocycles. The molecule has 0 saturated heterocycles. The SMILES string of the molecule is Cc1ccc(NC=C(Cl)C=O)cc1. The quantitative estimate of drug-likeness (QED) is 0.594. The molecule has 0 spiro atoms. The second kappa shape index (κ2) is 4.67. The van der Waals surface area contributed by atoms with Crippen LogP contribution in [0.2, 0.25) is 0 Å². The molecule has 68 valence electrons. The summed E-state index contributed by atoms with van der Waals surface area (Å²) in [5, 5.41) is 3.05. The van der Waals surface area contributed by atoms with Gasteiger partial charge in [0.15, 0.2) is 6.29 Å². The third-order valence-electron chi connectivity index (χ3n) is 1.54. The lowest BCUT2D eigenvalue weighted by Gasteiger charge is -2.00. The molecular formula is C10H10ClNO. The minimum atomic E-state index is 0.153. The number of carbonyl (C=O) groups excluding carboxylic acids is 1. The summed E-state index contributed by atoms with van der Waals surface area (Å²) >= 11 is 5.48. The van der Waals surface area contributed by atoms with Gasteiger partial charge in [-0.15, -0.1) is 0 Å². The van der Waals surface area contributed by atoms with Gasteiger partial charge in [0.1, 0.15) is 0 Å². The van der Waals surface area contributed by atoms with Crippen molar-refractivity contribution >= 4 is 23.6 Å². The van der Waals surface area contributed by atoms with Gasteiger partial charge in [0, 0.05) is 11.9 Å². The molecule has 0 fully saturated rings. The highest BCUT2D eigenvalue weighted by Crippen LogP contribution is 2.09. The van der Waals surface area contributed by atoms with Gasteiger partial charge in [0.05, 0.1) is 5.03 Å². The van der Waals surface area contributed by atoms with Crippen molar-refractivity contribution in [2.75, 3.05) is 5.32 Å². The van der Waals surface area contributed by atoms with Crippen LogP contribution in [0.5, 0.6) is 0 Å². The van der Waals surface area contributed by atoms with Crippen molar-refractivity contribution in [1.29, 1.82) is 0 Å². The molecule has 0 atom stereocenters. The lowest BCUT2D eigenvalue weighted by molar-refractivity contribution is -0.104. The molecule has 0 amide bonds. The van der Waals surface area contributed by atoms with Gasteiger partial charge in [-0.25, -0.2) is 0 Å². The molecule has 0 aliphatic heterocycles. The average molecular weight is 196 g/mol. The maximum atomic E-state index is 10.1. The second-order valence-corrected chi connectivity index (χ2v) is 3.09. The van der Waals surface area contributed by atoms with Crippen LogP contribution in [-0.4, -0.2) is 6.29 Å². The molecule has 0 aliphatic rings. The minimum absolute atomic E-state index is 0.153. The Balaban J connectivity index is 2.65. The number of hydrogen-bond donors (Lipinski definition) is 1. The molecule has 1 aromatic rings. The van der Waals surface area contributed by atoms with E-state index >= 15 is 0 Å². The Hall–Kier alpha value is -1.28. The van der Waals surface area contributed by atoms with E-state index in [-0.39, 0.29) is 5.03 Å². The number of aldehydes is 1. The molecular weight excluding hydrogens is 186 g/mol. The van der Waals surface area contributed by atoms with Gasteiger partial charge in [0.2, 0.25) is 0 Å². The van der Waals surface area contributed by atoms with E-state index in [0.29, 0.717) is 6.29 Å². The summed E-state index contributed by atoms with van der Waals surface area (Å²) in [7, 11) is 0. The molecule has 0 heterocycles. The number of halogens is 1. The molecule has 1 N–H and O–H groups in total. The largest absolute Gasteiger partial charge is 0.360 e. The highest BCUT2D eigenvalue weighted by Gasteiger charge is 1.89. The number of hydrogen-bond acceptors (Lipinski definition) is 2. The Kier molecular flexibility index (Phi) is 3.53. The summed E-state index contributed by atoms with van der Waals surface area (Å²) in [6.07, 6.45) is 2.04. The van der Waals surface area contributed by atoms with Gasteiger partial charge in [-0.1, -0.05) is 29.3 Å². The number of benzene rings is 1. The van der Waals surface area contributed by atoms with E-state index in [4.69, 9.17) is 11.6 Å². The van der Waals surface area contributed by atoms with Gasteiger partial charge in [-0.05, 0) is 19.1 Å². The normalized spacial score (nSPS) is 11.1. The summed E-state index contributed by atoms with van der Waals surface area (Å²) < 4.78 is 0. The molecule has 0 unspecified atom stereocenters. The average Bonchev–Trinajstić information content (AvgIpc) is 2.16. The Morgan fingerprint density at radius 2 is 2.00 bits per heavy atom. The standard InChI is InChI=1S/C10H10ClNO/c1-8-2-4-10(5-3-8)12-6-9(11)7-13/h2-7,12H,1H3. The fourth-order valence-corrected chi connectivity index (χ4v) is 0.891. The van der Waals surface area contributed by atoms with E-state index in [1.54, 1.807) is 0 Å². The summed E-state index contributed by atoms with van der Waals surface area (Å²) in [6, 6.07) is 7.79. The third-order valence-corrected chi connectivity index (χ3v) is 1.74. The van der Waals surface area contributed by atoms with Crippen molar-refractivity contribution in [3.05, 3.63) is 41.1 Å². The predicted molar refractivity (Wildman–Crippen MR) is 54.8 cm³/mol. The third kappa shape index (κ3) is 3.30. The van der Waals surface area contributed by atoms with Crippen LogP contribution in [0.25, 0.3) is 0 Å². The van der Waals surface area contributed by atoms with Crippen LogP contribution in [0.15, 0.2) is 35.5 Å². The lowest BCUT2D eigenvalue weighted by Crippen LogP contribution is -1.89. The van der Waals surface area contributed by atoms with E-state index in [2.05, 4.69) is 5.32 Å². The van der Waals surface area contributed by atoms with E-state index in [1.165, 1.54) is 11.8 Å². The number of allylic oxidation sites excluding steroid dienone is 1. The van der Waals surface area contributed by atoms with Gasteiger partial charge in [0.25, 0.3) is 0 Å². The van der Waals surface area contributed by atoms with Crippen LogP contribution in [-0.2, 0) is 4.79 Å². The first-order chi connectivity index (χ1) is 6.22. The molecule has 2 nitrogen and oxygen atoms in total. The van der Waals surface area contributed by atoms with Crippen LogP contribution in [0, 0.1) is 6.92 Å². The maximum absolute atomic E-state index is 10.1.